The molecule has 2 amide bonds. The van der Waals surface area contributed by atoms with E-state index in [1.165, 1.54) is 5.56 Å². The molecule has 1 atom stereocenters. The van der Waals surface area contributed by atoms with E-state index in [0.29, 0.717) is 6.54 Å². The lowest BCUT2D eigenvalue weighted by Gasteiger charge is -2.23. The van der Waals surface area contributed by atoms with Crippen LogP contribution in [0, 0.1) is 5.92 Å². The van der Waals surface area contributed by atoms with E-state index in [9.17, 15) is 9.59 Å². The van der Waals surface area contributed by atoms with Crippen molar-refractivity contribution in [3.8, 4) is 0 Å². The first-order chi connectivity index (χ1) is 10.5. The van der Waals surface area contributed by atoms with E-state index in [4.69, 9.17) is 5.73 Å². The van der Waals surface area contributed by atoms with Gasteiger partial charge in [0, 0.05) is 12.2 Å². The quantitative estimate of drug-likeness (QED) is 0.884. The number of carbonyl (C=O) groups excluding carboxylic acids is 2. The Morgan fingerprint density at radius 3 is 2.73 bits per heavy atom. The number of carbonyl (C=O) groups is 2. The van der Waals surface area contributed by atoms with Crippen molar-refractivity contribution in [2.75, 3.05) is 18.0 Å². The van der Waals surface area contributed by atoms with Crippen LogP contribution in [0.1, 0.15) is 32.3 Å². The fourth-order valence-corrected chi connectivity index (χ4v) is 2.63. The van der Waals surface area contributed by atoms with Crippen molar-refractivity contribution >= 4 is 17.5 Å². The Morgan fingerprint density at radius 2 is 2.00 bits per heavy atom. The molecule has 0 spiro atoms. The summed E-state index contributed by atoms with van der Waals surface area (Å²) in [5, 5.41) is 2.66. The van der Waals surface area contributed by atoms with Crippen LogP contribution in [-0.4, -0.2) is 30.9 Å². The molecule has 0 aliphatic carbocycles. The zero-order chi connectivity index (χ0) is 16.1. The van der Waals surface area contributed by atoms with Gasteiger partial charge in [-0.3, -0.25) is 9.59 Å². The summed E-state index contributed by atoms with van der Waals surface area (Å²) in [5.41, 5.74) is 7.95. The fourth-order valence-electron chi connectivity index (χ4n) is 2.63. The summed E-state index contributed by atoms with van der Waals surface area (Å²) in [7, 11) is 0. The Morgan fingerprint density at radius 1 is 1.27 bits per heavy atom. The van der Waals surface area contributed by atoms with Gasteiger partial charge >= 0.3 is 0 Å². The molecule has 1 heterocycles. The van der Waals surface area contributed by atoms with Crippen LogP contribution >= 0.6 is 0 Å². The van der Waals surface area contributed by atoms with E-state index in [1.54, 1.807) is 4.90 Å². The van der Waals surface area contributed by atoms with E-state index in [0.717, 1.165) is 24.9 Å². The number of fused-ring (bicyclic) bond motifs is 1. The molecule has 0 saturated carbocycles. The summed E-state index contributed by atoms with van der Waals surface area (Å²) in [5.74, 6) is -0.306. The second-order valence-corrected chi connectivity index (χ2v) is 6.12. The molecule has 1 aliphatic rings. The lowest BCUT2D eigenvalue weighted by Crippen LogP contribution is -2.48. The number of nitrogens with zero attached hydrogens (tertiary/aromatic N) is 1. The molecule has 0 unspecified atom stereocenters. The molecule has 0 bridgehead atoms. The van der Waals surface area contributed by atoms with Gasteiger partial charge in [-0.15, -0.1) is 0 Å². The standard InChI is InChI=1S/C17H25N3O2/c1-12(2)16(18)17(22)19-11-15(21)20-10-6-5-8-13-7-3-4-9-14(13)20/h3-4,7,9,12,16H,5-6,8,10-11,18H2,1-2H3,(H,19,22)/t16-/m0/s1. The van der Waals surface area contributed by atoms with Crippen molar-refractivity contribution in [3.63, 3.8) is 0 Å². The summed E-state index contributed by atoms with van der Waals surface area (Å²) in [6, 6.07) is 7.40. The van der Waals surface area contributed by atoms with Crippen LogP contribution in [0.4, 0.5) is 5.69 Å². The van der Waals surface area contributed by atoms with Gasteiger partial charge in [0.15, 0.2) is 0 Å². The van der Waals surface area contributed by atoms with Gasteiger partial charge in [-0.1, -0.05) is 32.0 Å². The minimum absolute atomic E-state index is 0.00636. The number of nitrogens with one attached hydrogen (secondary N) is 1. The number of aryl methyl sites for hydroxylation is 1. The van der Waals surface area contributed by atoms with Crippen LogP contribution in [0.5, 0.6) is 0 Å². The molecule has 0 radical (unpaired) electrons. The smallest absolute Gasteiger partial charge is 0.246 e. The first-order valence-corrected chi connectivity index (χ1v) is 7.92. The number of amides is 2. The van der Waals surface area contributed by atoms with Gasteiger partial charge in [0.05, 0.1) is 12.6 Å². The molecule has 3 N–H and O–H groups in total. The summed E-state index contributed by atoms with van der Waals surface area (Å²) in [6.07, 6.45) is 3.04. The van der Waals surface area contributed by atoms with Gasteiger partial charge in [-0.25, -0.2) is 0 Å². The summed E-state index contributed by atoms with van der Waals surface area (Å²) in [4.78, 5) is 26.1. The third-order valence-corrected chi connectivity index (χ3v) is 4.10. The van der Waals surface area contributed by atoms with Crippen molar-refractivity contribution in [1.29, 1.82) is 0 Å². The van der Waals surface area contributed by atoms with Gasteiger partial charge in [-0.05, 0) is 36.8 Å². The summed E-state index contributed by atoms with van der Waals surface area (Å²) >= 11 is 0. The van der Waals surface area contributed by atoms with Gasteiger partial charge in [-0.2, -0.15) is 0 Å². The van der Waals surface area contributed by atoms with Crippen molar-refractivity contribution < 1.29 is 9.59 Å². The Kier molecular flexibility index (Phi) is 5.55. The molecule has 120 valence electrons. The Labute approximate surface area is 131 Å². The highest BCUT2D eigenvalue weighted by atomic mass is 16.2. The van der Waals surface area contributed by atoms with Gasteiger partial charge in [0.2, 0.25) is 11.8 Å². The van der Waals surface area contributed by atoms with Gasteiger partial charge < -0.3 is 16.0 Å². The molecule has 1 aromatic rings. The lowest BCUT2D eigenvalue weighted by atomic mass is 10.1. The number of rotatable bonds is 4. The molecule has 0 fully saturated rings. The minimum Gasteiger partial charge on any atom is -0.346 e. The van der Waals surface area contributed by atoms with E-state index in [-0.39, 0.29) is 24.3 Å². The fraction of sp³-hybridized carbons (Fsp3) is 0.529. The maximum atomic E-state index is 12.5. The largest absolute Gasteiger partial charge is 0.346 e. The number of nitrogens with two attached hydrogens (primary N) is 1. The molecule has 1 aliphatic heterocycles. The van der Waals surface area contributed by atoms with Crippen LogP contribution in [0.2, 0.25) is 0 Å². The van der Waals surface area contributed by atoms with Crippen molar-refractivity contribution in [2.24, 2.45) is 11.7 Å². The van der Waals surface area contributed by atoms with E-state index in [2.05, 4.69) is 11.4 Å². The molecule has 5 heteroatoms. The van der Waals surface area contributed by atoms with Crippen LogP contribution in [0.3, 0.4) is 0 Å². The molecular weight excluding hydrogens is 278 g/mol. The topological polar surface area (TPSA) is 75.4 Å². The average Bonchev–Trinajstić information content (AvgIpc) is 2.73. The van der Waals surface area contributed by atoms with Gasteiger partial charge in [0.25, 0.3) is 0 Å². The number of hydrogen-bond donors (Lipinski definition) is 2. The Bertz CT molecular complexity index is 542. The van der Waals surface area contributed by atoms with Gasteiger partial charge in [0.1, 0.15) is 0 Å². The van der Waals surface area contributed by atoms with Crippen LogP contribution < -0.4 is 16.0 Å². The van der Waals surface area contributed by atoms with Crippen LogP contribution in [0.15, 0.2) is 24.3 Å². The monoisotopic (exact) mass is 303 g/mol. The highest BCUT2D eigenvalue weighted by Crippen LogP contribution is 2.25. The third-order valence-electron chi connectivity index (χ3n) is 4.10. The predicted octanol–water partition coefficient (Wildman–Crippen LogP) is 1.46. The highest BCUT2D eigenvalue weighted by Gasteiger charge is 2.23. The normalized spacial score (nSPS) is 15.9. The number of anilines is 1. The van der Waals surface area contributed by atoms with Crippen molar-refractivity contribution in [2.45, 2.75) is 39.2 Å². The van der Waals surface area contributed by atoms with E-state index < -0.39 is 6.04 Å². The lowest BCUT2D eigenvalue weighted by molar-refractivity contribution is -0.126. The molecule has 0 saturated heterocycles. The SMILES string of the molecule is CC(C)[C@H](N)C(=O)NCC(=O)N1CCCCc2ccccc21. The molecule has 2 rings (SSSR count). The third kappa shape index (κ3) is 3.85. The van der Waals surface area contributed by atoms with Crippen LogP contribution in [0.25, 0.3) is 0 Å². The number of hydrogen-bond acceptors (Lipinski definition) is 3. The van der Waals surface area contributed by atoms with Crippen molar-refractivity contribution in [1.82, 2.24) is 5.32 Å². The zero-order valence-corrected chi connectivity index (χ0v) is 13.3. The summed E-state index contributed by atoms with van der Waals surface area (Å²) in [6.45, 7) is 4.46. The molecular formula is C17H25N3O2. The highest BCUT2D eigenvalue weighted by molar-refractivity contribution is 5.97. The van der Waals surface area contributed by atoms with Crippen LogP contribution in [-0.2, 0) is 16.0 Å². The minimum atomic E-state index is -0.579. The predicted molar refractivity (Wildman–Crippen MR) is 87.6 cm³/mol. The number of benzene rings is 1. The molecule has 1 aromatic carbocycles. The number of para-hydroxylation sites is 1. The second-order valence-electron chi connectivity index (χ2n) is 6.12. The first kappa shape index (κ1) is 16.5. The molecule has 22 heavy (non-hydrogen) atoms. The second kappa shape index (κ2) is 7.40. The van der Waals surface area contributed by atoms with E-state index >= 15 is 0 Å². The maximum absolute atomic E-state index is 12.5. The zero-order valence-electron chi connectivity index (χ0n) is 13.3. The Hall–Kier alpha value is -1.88. The first-order valence-electron chi connectivity index (χ1n) is 7.92. The van der Waals surface area contributed by atoms with E-state index in [1.807, 2.05) is 32.0 Å². The Balaban J connectivity index is 2.02. The van der Waals surface area contributed by atoms with Crippen molar-refractivity contribution in [3.05, 3.63) is 29.8 Å². The maximum Gasteiger partial charge on any atom is 0.246 e. The average molecular weight is 303 g/mol. The molecule has 5 nitrogen and oxygen atoms in total. The molecule has 0 aromatic heterocycles. The summed E-state index contributed by atoms with van der Waals surface area (Å²) < 4.78 is 0.